The molecule has 12 heteroatoms. The highest BCUT2D eigenvalue weighted by atomic mass is 19.1. The number of nitrogens with two attached hydrogens (primary N) is 1. The number of benzene rings is 2. The fourth-order valence-corrected chi connectivity index (χ4v) is 5.28. The van der Waals surface area contributed by atoms with Gasteiger partial charge in [0, 0.05) is 18.0 Å². The van der Waals surface area contributed by atoms with Crippen LogP contribution in [0.2, 0.25) is 0 Å². The molecular formula is C29H27FN6O5. The molecule has 41 heavy (non-hydrogen) atoms. The van der Waals surface area contributed by atoms with Gasteiger partial charge in [-0.25, -0.2) is 19.0 Å². The number of hydrogen-bond donors (Lipinski definition) is 3. The highest BCUT2D eigenvalue weighted by Gasteiger charge is 2.37. The number of aromatic nitrogens is 4. The summed E-state index contributed by atoms with van der Waals surface area (Å²) in [5.41, 5.74) is 9.05. The first-order valence-electron chi connectivity index (χ1n) is 12.8. The van der Waals surface area contributed by atoms with Crippen molar-refractivity contribution in [2.75, 3.05) is 6.61 Å². The van der Waals surface area contributed by atoms with Crippen molar-refractivity contribution >= 4 is 23.6 Å². The third-order valence-corrected chi connectivity index (χ3v) is 7.23. The Labute approximate surface area is 233 Å². The molecule has 0 aliphatic heterocycles. The molecule has 1 aliphatic carbocycles. The van der Waals surface area contributed by atoms with Gasteiger partial charge in [0.2, 0.25) is 0 Å². The molecule has 0 saturated carbocycles. The molecule has 4 aromatic rings. The first kappa shape index (κ1) is 27.6. The minimum absolute atomic E-state index is 0.0313. The number of carbonyl (C=O) groups excluding carboxylic acids is 2. The third kappa shape index (κ3) is 5.05. The van der Waals surface area contributed by atoms with E-state index in [0.29, 0.717) is 27.8 Å². The Balaban J connectivity index is 1.59. The van der Waals surface area contributed by atoms with E-state index in [4.69, 9.17) is 10.5 Å². The van der Waals surface area contributed by atoms with Crippen LogP contribution in [-0.2, 0) is 4.74 Å². The number of esters is 1. The van der Waals surface area contributed by atoms with Crippen molar-refractivity contribution < 1.29 is 28.6 Å². The molecule has 4 N–H and O–H groups in total. The van der Waals surface area contributed by atoms with Crippen LogP contribution in [0, 0.1) is 12.7 Å². The van der Waals surface area contributed by atoms with Gasteiger partial charge >= 0.3 is 11.9 Å². The van der Waals surface area contributed by atoms with Gasteiger partial charge in [-0.1, -0.05) is 30.9 Å². The Hall–Kier alpha value is -4.97. The summed E-state index contributed by atoms with van der Waals surface area (Å²) in [6.45, 7) is 7.16. The molecule has 1 amide bonds. The summed E-state index contributed by atoms with van der Waals surface area (Å²) in [5, 5.41) is 16.4. The van der Waals surface area contributed by atoms with Crippen molar-refractivity contribution in [3.05, 3.63) is 106 Å². The number of carbonyl (C=O) groups is 3. The molecule has 0 saturated heterocycles. The number of hydrogen-bond acceptors (Lipinski definition) is 8. The van der Waals surface area contributed by atoms with Crippen LogP contribution in [0.15, 0.2) is 55.4 Å². The predicted molar refractivity (Wildman–Crippen MR) is 145 cm³/mol. The number of ether oxygens (including phenoxy) is 1. The van der Waals surface area contributed by atoms with E-state index in [2.05, 4.69) is 27.0 Å². The molecule has 0 fully saturated rings. The second-order valence-electron chi connectivity index (χ2n) is 9.82. The number of carboxylic acids is 1. The monoisotopic (exact) mass is 558 g/mol. The van der Waals surface area contributed by atoms with Crippen LogP contribution in [0.1, 0.15) is 90.5 Å². The van der Waals surface area contributed by atoms with Crippen molar-refractivity contribution in [2.24, 2.45) is 5.73 Å². The second kappa shape index (κ2) is 10.9. The van der Waals surface area contributed by atoms with Gasteiger partial charge in [0.25, 0.3) is 11.7 Å². The number of fused-ring (bicyclic) bond motifs is 2. The lowest BCUT2D eigenvalue weighted by molar-refractivity contribution is 0.0548. The van der Waals surface area contributed by atoms with Crippen LogP contribution < -0.4 is 11.1 Å². The van der Waals surface area contributed by atoms with Crippen LogP contribution in [0.25, 0.3) is 5.78 Å². The van der Waals surface area contributed by atoms with Gasteiger partial charge in [-0.3, -0.25) is 4.79 Å². The van der Waals surface area contributed by atoms with Crippen LogP contribution in [0.5, 0.6) is 0 Å². The molecule has 0 spiro atoms. The molecule has 210 valence electrons. The van der Waals surface area contributed by atoms with E-state index in [1.165, 1.54) is 12.1 Å². The van der Waals surface area contributed by atoms with Crippen molar-refractivity contribution in [1.29, 1.82) is 0 Å². The number of nitrogens with one attached hydrogen (secondary N) is 1. The van der Waals surface area contributed by atoms with Crippen LogP contribution >= 0.6 is 0 Å². The standard InChI is InChI=1S/C29H27FN6O5/c1-4-9-41-28(40)17-6-7-18-22(34-26(37)24-12-23(27(38)39)35-29-32-13-33-36(24)29)11-20(25(18)14(17)2)19-10-16(15(3)31)5-8-21(19)30/h4-8,10,12-13,15,20,22H,1,9,11,31H2,2-3H3,(H,34,37)(H,38,39)/t15-,20?,22+/m1/s1. The largest absolute Gasteiger partial charge is 0.477 e. The fraction of sp³-hybridized carbons (Fsp3) is 0.241. The topological polar surface area (TPSA) is 162 Å². The van der Waals surface area contributed by atoms with Crippen molar-refractivity contribution in [2.45, 2.75) is 38.3 Å². The minimum atomic E-state index is -1.33. The maximum absolute atomic E-state index is 15.3. The molecule has 5 rings (SSSR count). The van der Waals surface area contributed by atoms with Crippen molar-refractivity contribution in [3.8, 4) is 0 Å². The van der Waals surface area contributed by atoms with Crippen LogP contribution in [0.3, 0.4) is 0 Å². The van der Waals surface area contributed by atoms with Crippen LogP contribution in [0.4, 0.5) is 4.39 Å². The lowest BCUT2D eigenvalue weighted by Crippen LogP contribution is -2.30. The van der Waals surface area contributed by atoms with Gasteiger partial charge in [-0.2, -0.15) is 14.6 Å². The zero-order chi connectivity index (χ0) is 29.4. The zero-order valence-electron chi connectivity index (χ0n) is 22.3. The van der Waals surface area contributed by atoms with E-state index in [1.807, 2.05) is 0 Å². The molecule has 2 heterocycles. The summed E-state index contributed by atoms with van der Waals surface area (Å²) in [6.07, 6.45) is 2.89. The zero-order valence-corrected chi connectivity index (χ0v) is 22.3. The van der Waals surface area contributed by atoms with Gasteiger partial charge in [-0.05, 0) is 60.2 Å². The molecule has 2 aromatic carbocycles. The van der Waals surface area contributed by atoms with Gasteiger partial charge in [-0.15, -0.1) is 0 Å². The Morgan fingerprint density at radius 1 is 1.27 bits per heavy atom. The molecule has 0 bridgehead atoms. The molecule has 1 aliphatic rings. The smallest absolute Gasteiger partial charge is 0.354 e. The van der Waals surface area contributed by atoms with E-state index < -0.39 is 35.6 Å². The van der Waals surface area contributed by atoms with E-state index in [-0.39, 0.29) is 36.2 Å². The third-order valence-electron chi connectivity index (χ3n) is 7.23. The average Bonchev–Trinajstić information content (AvgIpc) is 3.56. The molecule has 3 atom stereocenters. The number of aromatic carboxylic acids is 1. The summed E-state index contributed by atoms with van der Waals surface area (Å²) in [7, 11) is 0. The molecular weight excluding hydrogens is 531 g/mol. The molecule has 11 nitrogen and oxygen atoms in total. The van der Waals surface area contributed by atoms with Gasteiger partial charge < -0.3 is 20.9 Å². The molecule has 2 aromatic heterocycles. The summed E-state index contributed by atoms with van der Waals surface area (Å²) in [5.74, 6) is -3.52. The lowest BCUT2D eigenvalue weighted by atomic mass is 9.86. The summed E-state index contributed by atoms with van der Waals surface area (Å²) >= 11 is 0. The van der Waals surface area contributed by atoms with E-state index in [1.54, 1.807) is 38.1 Å². The Bertz CT molecular complexity index is 1720. The molecule has 0 radical (unpaired) electrons. The molecule has 1 unspecified atom stereocenters. The summed E-state index contributed by atoms with van der Waals surface area (Å²) < 4.78 is 21.7. The number of amides is 1. The normalized spacial score (nSPS) is 16.7. The van der Waals surface area contributed by atoms with Gasteiger partial charge in [0.15, 0.2) is 5.69 Å². The summed E-state index contributed by atoms with van der Waals surface area (Å²) in [4.78, 5) is 45.8. The highest BCUT2D eigenvalue weighted by molar-refractivity contribution is 5.96. The first-order chi connectivity index (χ1) is 19.6. The fourth-order valence-electron chi connectivity index (χ4n) is 5.28. The lowest BCUT2D eigenvalue weighted by Gasteiger charge is -2.19. The maximum Gasteiger partial charge on any atom is 0.354 e. The van der Waals surface area contributed by atoms with Crippen molar-refractivity contribution in [3.63, 3.8) is 0 Å². The van der Waals surface area contributed by atoms with Gasteiger partial charge in [0.1, 0.15) is 24.4 Å². The second-order valence-corrected chi connectivity index (χ2v) is 9.82. The number of carboxylic acid groups (broad SMARTS) is 1. The Morgan fingerprint density at radius 2 is 2.05 bits per heavy atom. The van der Waals surface area contributed by atoms with E-state index in [9.17, 15) is 19.5 Å². The number of rotatable bonds is 8. The quantitative estimate of drug-likeness (QED) is 0.216. The van der Waals surface area contributed by atoms with E-state index >= 15 is 4.39 Å². The number of halogens is 1. The summed E-state index contributed by atoms with van der Waals surface area (Å²) in [6, 6.07) is 8.19. The Kier molecular flexibility index (Phi) is 7.33. The van der Waals surface area contributed by atoms with Crippen molar-refractivity contribution in [1.82, 2.24) is 24.9 Å². The Morgan fingerprint density at radius 3 is 2.76 bits per heavy atom. The van der Waals surface area contributed by atoms with E-state index in [0.717, 1.165) is 22.5 Å². The SMILES string of the molecule is C=CCOC(=O)c1ccc2c(c1C)C(c1cc([C@@H](C)N)ccc1F)C[C@@H]2NC(=O)c1cc(C(=O)O)nc2ncnn12. The first-order valence-corrected chi connectivity index (χ1v) is 12.8. The predicted octanol–water partition coefficient (Wildman–Crippen LogP) is 3.64. The minimum Gasteiger partial charge on any atom is -0.477 e. The highest BCUT2D eigenvalue weighted by Crippen LogP contribution is 2.47. The maximum atomic E-state index is 15.3. The van der Waals surface area contributed by atoms with Crippen LogP contribution in [-0.4, -0.2) is 49.1 Å². The number of nitrogens with zero attached hydrogens (tertiary/aromatic N) is 4. The average molecular weight is 559 g/mol. The van der Waals surface area contributed by atoms with Gasteiger partial charge in [0.05, 0.1) is 11.6 Å².